The summed E-state index contributed by atoms with van der Waals surface area (Å²) in [5.74, 6) is 0.848. The Morgan fingerprint density at radius 1 is 0.815 bits per heavy atom. The lowest BCUT2D eigenvalue weighted by Crippen LogP contribution is -2.30. The van der Waals surface area contributed by atoms with Crippen LogP contribution >= 0.6 is 0 Å². The van der Waals surface area contributed by atoms with Crippen molar-refractivity contribution in [3.63, 3.8) is 0 Å². The second-order valence-corrected chi connectivity index (χ2v) is 5.98. The van der Waals surface area contributed by atoms with Crippen LogP contribution in [0.15, 0.2) is 36.4 Å². The first-order valence-corrected chi connectivity index (χ1v) is 8.34. The number of hydrogen-bond donors (Lipinski definition) is 0. The summed E-state index contributed by atoms with van der Waals surface area (Å²) in [5, 5.41) is 0. The van der Waals surface area contributed by atoms with E-state index in [1.807, 2.05) is 0 Å². The van der Waals surface area contributed by atoms with Crippen molar-refractivity contribution < 1.29 is 28.5 Å². The standard InChI is InChI=1S/C20H21NO6/c1-24-13-6-7-15(17(10-13)26-3)21-19(22)11-14(20(21)23)12-5-8-16(25-2)18(9-12)27-4/h5-10,14H,11H2,1-4H3. The maximum absolute atomic E-state index is 13.0. The van der Waals surface area contributed by atoms with Crippen LogP contribution in [0.2, 0.25) is 0 Å². The van der Waals surface area contributed by atoms with E-state index < -0.39 is 5.92 Å². The van der Waals surface area contributed by atoms with Gasteiger partial charge in [0.2, 0.25) is 11.8 Å². The summed E-state index contributed by atoms with van der Waals surface area (Å²) in [7, 11) is 6.08. The van der Waals surface area contributed by atoms with Crippen molar-refractivity contribution in [3.05, 3.63) is 42.0 Å². The molecule has 0 spiro atoms. The molecule has 2 aromatic carbocycles. The number of methoxy groups -OCH3 is 4. The van der Waals surface area contributed by atoms with Gasteiger partial charge < -0.3 is 18.9 Å². The van der Waals surface area contributed by atoms with Crippen molar-refractivity contribution in [2.45, 2.75) is 12.3 Å². The molecule has 1 aliphatic heterocycles. The van der Waals surface area contributed by atoms with Crippen molar-refractivity contribution in [1.82, 2.24) is 0 Å². The SMILES string of the molecule is COc1ccc(N2C(=O)CC(c3ccc(OC)c(OC)c3)C2=O)c(OC)c1. The zero-order valence-electron chi connectivity index (χ0n) is 15.6. The van der Waals surface area contributed by atoms with Crippen LogP contribution in [0.4, 0.5) is 5.69 Å². The molecule has 2 aromatic rings. The average molecular weight is 371 g/mol. The molecule has 1 saturated heterocycles. The van der Waals surface area contributed by atoms with Crippen molar-refractivity contribution in [3.8, 4) is 23.0 Å². The quantitative estimate of drug-likeness (QED) is 0.727. The highest BCUT2D eigenvalue weighted by atomic mass is 16.5. The normalized spacial score (nSPS) is 16.4. The smallest absolute Gasteiger partial charge is 0.241 e. The van der Waals surface area contributed by atoms with E-state index in [4.69, 9.17) is 18.9 Å². The third kappa shape index (κ3) is 3.28. The molecule has 27 heavy (non-hydrogen) atoms. The minimum atomic E-state index is -0.593. The molecular weight excluding hydrogens is 350 g/mol. The number of benzene rings is 2. The summed E-state index contributed by atoms with van der Waals surface area (Å²) in [6.07, 6.45) is 0.0729. The molecule has 1 atom stereocenters. The molecular formula is C20H21NO6. The van der Waals surface area contributed by atoms with Crippen LogP contribution in [0.1, 0.15) is 17.9 Å². The first-order chi connectivity index (χ1) is 13.0. The Kier molecular flexibility index (Phi) is 5.21. The topological polar surface area (TPSA) is 74.3 Å². The van der Waals surface area contributed by atoms with Gasteiger partial charge in [0.05, 0.1) is 40.0 Å². The largest absolute Gasteiger partial charge is 0.497 e. The van der Waals surface area contributed by atoms with Gasteiger partial charge in [-0.15, -0.1) is 0 Å². The molecule has 0 N–H and O–H groups in total. The number of nitrogens with zero attached hydrogens (tertiary/aromatic N) is 1. The van der Waals surface area contributed by atoms with Crippen LogP contribution in [0.25, 0.3) is 0 Å². The molecule has 0 aromatic heterocycles. The molecule has 1 fully saturated rings. The molecule has 0 aliphatic carbocycles. The number of amides is 2. The predicted molar refractivity (Wildman–Crippen MR) is 98.9 cm³/mol. The van der Waals surface area contributed by atoms with E-state index in [1.54, 1.807) is 43.5 Å². The summed E-state index contributed by atoms with van der Waals surface area (Å²) < 4.78 is 21.0. The Morgan fingerprint density at radius 3 is 2.15 bits per heavy atom. The maximum Gasteiger partial charge on any atom is 0.241 e. The number of carbonyl (C=O) groups excluding carboxylic acids is 2. The zero-order chi connectivity index (χ0) is 19.6. The van der Waals surface area contributed by atoms with E-state index >= 15 is 0 Å². The van der Waals surface area contributed by atoms with Crippen LogP contribution in [-0.2, 0) is 9.59 Å². The van der Waals surface area contributed by atoms with Gasteiger partial charge in [-0.05, 0) is 29.8 Å². The fourth-order valence-corrected chi connectivity index (χ4v) is 3.18. The number of rotatable bonds is 6. The van der Waals surface area contributed by atoms with Gasteiger partial charge >= 0.3 is 0 Å². The van der Waals surface area contributed by atoms with Gasteiger partial charge in [-0.3, -0.25) is 9.59 Å². The van der Waals surface area contributed by atoms with Gasteiger partial charge in [0.25, 0.3) is 0 Å². The van der Waals surface area contributed by atoms with Gasteiger partial charge in [-0.25, -0.2) is 4.90 Å². The third-order valence-corrected chi connectivity index (χ3v) is 4.58. The monoisotopic (exact) mass is 371 g/mol. The molecule has 1 aliphatic rings. The van der Waals surface area contributed by atoms with Crippen molar-refractivity contribution in [2.75, 3.05) is 33.3 Å². The molecule has 1 unspecified atom stereocenters. The Labute approximate surface area is 157 Å². The number of carbonyl (C=O) groups is 2. The highest BCUT2D eigenvalue weighted by molar-refractivity contribution is 6.23. The Bertz CT molecular complexity index is 879. The van der Waals surface area contributed by atoms with Crippen LogP contribution in [0, 0.1) is 0 Å². The van der Waals surface area contributed by atoms with Gasteiger partial charge in [0, 0.05) is 12.5 Å². The number of anilines is 1. The molecule has 0 radical (unpaired) electrons. The number of hydrogen-bond acceptors (Lipinski definition) is 6. The van der Waals surface area contributed by atoms with Crippen molar-refractivity contribution >= 4 is 17.5 Å². The van der Waals surface area contributed by atoms with E-state index in [1.165, 1.54) is 26.2 Å². The van der Waals surface area contributed by atoms with E-state index in [0.29, 0.717) is 34.2 Å². The van der Waals surface area contributed by atoms with Crippen molar-refractivity contribution in [1.29, 1.82) is 0 Å². The minimum absolute atomic E-state index is 0.0729. The molecule has 2 amide bonds. The highest BCUT2D eigenvalue weighted by Gasteiger charge is 2.41. The maximum atomic E-state index is 13.0. The van der Waals surface area contributed by atoms with Gasteiger partial charge in [0.1, 0.15) is 11.5 Å². The van der Waals surface area contributed by atoms with Gasteiger partial charge in [-0.1, -0.05) is 6.07 Å². The summed E-state index contributed by atoms with van der Waals surface area (Å²) in [6.45, 7) is 0. The zero-order valence-corrected chi connectivity index (χ0v) is 15.6. The lowest BCUT2D eigenvalue weighted by atomic mass is 9.97. The average Bonchev–Trinajstić information content (AvgIpc) is 3.00. The molecule has 3 rings (SSSR count). The van der Waals surface area contributed by atoms with E-state index in [-0.39, 0.29) is 18.2 Å². The molecule has 7 nitrogen and oxygen atoms in total. The lowest BCUT2D eigenvalue weighted by Gasteiger charge is -2.19. The van der Waals surface area contributed by atoms with Crippen LogP contribution in [0.3, 0.4) is 0 Å². The first-order valence-electron chi connectivity index (χ1n) is 8.34. The van der Waals surface area contributed by atoms with Crippen LogP contribution < -0.4 is 23.8 Å². The van der Waals surface area contributed by atoms with Gasteiger partial charge in [0.15, 0.2) is 11.5 Å². The molecule has 142 valence electrons. The van der Waals surface area contributed by atoms with E-state index in [9.17, 15) is 9.59 Å². The molecule has 1 heterocycles. The molecule has 0 bridgehead atoms. The Hall–Kier alpha value is -3.22. The Morgan fingerprint density at radius 2 is 1.52 bits per heavy atom. The first kappa shape index (κ1) is 18.6. The Balaban J connectivity index is 1.96. The third-order valence-electron chi connectivity index (χ3n) is 4.58. The second-order valence-electron chi connectivity index (χ2n) is 5.98. The van der Waals surface area contributed by atoms with E-state index in [0.717, 1.165) is 0 Å². The molecule has 7 heteroatoms. The lowest BCUT2D eigenvalue weighted by molar-refractivity contribution is -0.121. The minimum Gasteiger partial charge on any atom is -0.497 e. The van der Waals surface area contributed by atoms with E-state index in [2.05, 4.69) is 0 Å². The van der Waals surface area contributed by atoms with Gasteiger partial charge in [-0.2, -0.15) is 0 Å². The number of ether oxygens (including phenoxy) is 4. The second kappa shape index (κ2) is 7.57. The fraction of sp³-hybridized carbons (Fsp3) is 0.300. The summed E-state index contributed by atoms with van der Waals surface area (Å²) in [4.78, 5) is 26.8. The predicted octanol–water partition coefficient (Wildman–Crippen LogP) is 2.77. The highest BCUT2D eigenvalue weighted by Crippen LogP contribution is 2.40. The van der Waals surface area contributed by atoms with Crippen LogP contribution in [0.5, 0.6) is 23.0 Å². The number of imide groups is 1. The molecule has 0 saturated carbocycles. The summed E-state index contributed by atoms with van der Waals surface area (Å²) in [6, 6.07) is 10.2. The van der Waals surface area contributed by atoms with Crippen LogP contribution in [-0.4, -0.2) is 40.3 Å². The van der Waals surface area contributed by atoms with Crippen molar-refractivity contribution in [2.24, 2.45) is 0 Å². The fourth-order valence-electron chi connectivity index (χ4n) is 3.18. The summed E-state index contributed by atoms with van der Waals surface area (Å²) >= 11 is 0. The summed E-state index contributed by atoms with van der Waals surface area (Å²) in [5.41, 5.74) is 1.09.